The van der Waals surface area contributed by atoms with E-state index in [9.17, 15) is 18.0 Å². The van der Waals surface area contributed by atoms with Gasteiger partial charge >= 0.3 is 0 Å². The van der Waals surface area contributed by atoms with Gasteiger partial charge in [0.2, 0.25) is 0 Å². The Bertz CT molecular complexity index is 1640. The summed E-state index contributed by atoms with van der Waals surface area (Å²) in [5, 5.41) is 6.64. The summed E-state index contributed by atoms with van der Waals surface area (Å²) in [5.41, 5.74) is 3.19. The number of benzene rings is 3. The fourth-order valence-corrected chi connectivity index (χ4v) is 5.24. The molecule has 3 aromatic carbocycles. The second-order valence-electron chi connectivity index (χ2n) is 8.87. The molecule has 0 radical (unpaired) electrons. The molecule has 0 bridgehead atoms. The van der Waals surface area contributed by atoms with Crippen LogP contribution in [0, 0.1) is 0 Å². The molecule has 4 aromatic rings. The first-order valence-electron chi connectivity index (χ1n) is 12.9. The van der Waals surface area contributed by atoms with Crippen molar-refractivity contribution >= 4 is 33.7 Å². The van der Waals surface area contributed by atoms with E-state index < -0.39 is 22.5 Å². The van der Waals surface area contributed by atoms with E-state index in [1.807, 2.05) is 0 Å². The summed E-state index contributed by atoms with van der Waals surface area (Å²) in [6.07, 6.45) is 2.92. The van der Waals surface area contributed by atoms with Crippen molar-refractivity contribution in [3.63, 3.8) is 0 Å². The van der Waals surface area contributed by atoms with Crippen molar-refractivity contribution < 1.29 is 36.6 Å². The third kappa shape index (κ3) is 8.36. The Kier molecular flexibility index (Phi) is 10.4. The van der Waals surface area contributed by atoms with E-state index in [2.05, 4.69) is 15.8 Å². The molecule has 13 heteroatoms. The smallest absolute Gasteiger partial charge is 0.264 e. The highest BCUT2D eigenvalue weighted by atomic mass is 32.2. The van der Waals surface area contributed by atoms with Gasteiger partial charge in [0.1, 0.15) is 18.1 Å². The maximum absolute atomic E-state index is 13.5. The minimum absolute atomic E-state index is 0.0124. The maximum atomic E-state index is 13.5. The highest BCUT2D eigenvalue weighted by molar-refractivity contribution is 7.92. The number of ether oxygens (including phenoxy) is 3. The lowest BCUT2D eigenvalue weighted by molar-refractivity contribution is -0.123. The molecule has 4 rings (SSSR count). The number of hydrogen-bond donors (Lipinski definition) is 2. The third-order valence-corrected chi connectivity index (χ3v) is 7.75. The van der Waals surface area contributed by atoms with Crippen LogP contribution in [-0.4, -0.2) is 53.8 Å². The number of hydrogen-bond acceptors (Lipinski definition) is 9. The van der Waals surface area contributed by atoms with Crippen LogP contribution in [-0.2, 0) is 26.2 Å². The topological polar surface area (TPSA) is 149 Å². The molecule has 0 aliphatic heterocycles. The second kappa shape index (κ2) is 14.5. The average molecular weight is 607 g/mol. The molecule has 224 valence electrons. The Morgan fingerprint density at radius 2 is 1.65 bits per heavy atom. The summed E-state index contributed by atoms with van der Waals surface area (Å²) in [6, 6.07) is 22.5. The molecule has 1 aromatic heterocycles. The number of carbonyl (C=O) groups is 2. The zero-order valence-electron chi connectivity index (χ0n) is 23.4. The molecule has 0 aliphatic rings. The molecule has 0 aliphatic carbocycles. The number of rotatable bonds is 14. The number of carbonyl (C=O) groups excluding carboxylic acids is 2. The number of anilines is 1. The number of furan rings is 1. The van der Waals surface area contributed by atoms with Gasteiger partial charge in [-0.2, -0.15) is 5.10 Å². The lowest BCUT2D eigenvalue weighted by Crippen LogP contribution is -2.39. The van der Waals surface area contributed by atoms with Gasteiger partial charge < -0.3 is 23.9 Å². The van der Waals surface area contributed by atoms with Gasteiger partial charge in [-0.1, -0.05) is 18.2 Å². The predicted octanol–water partition coefficient (Wildman–Crippen LogP) is 3.34. The lowest BCUT2D eigenvalue weighted by Gasteiger charge is -2.24. The molecule has 0 atom stereocenters. The van der Waals surface area contributed by atoms with Gasteiger partial charge in [-0.15, -0.1) is 0 Å². The van der Waals surface area contributed by atoms with E-state index in [1.54, 1.807) is 60.7 Å². The first-order valence-corrected chi connectivity index (χ1v) is 14.4. The van der Waals surface area contributed by atoms with Crippen LogP contribution in [0.25, 0.3) is 0 Å². The van der Waals surface area contributed by atoms with Gasteiger partial charge in [0, 0.05) is 6.07 Å². The maximum Gasteiger partial charge on any atom is 0.264 e. The van der Waals surface area contributed by atoms with Gasteiger partial charge in [0.05, 0.1) is 43.8 Å². The Balaban J connectivity index is 1.37. The first-order chi connectivity index (χ1) is 20.8. The van der Waals surface area contributed by atoms with Crippen molar-refractivity contribution in [2.24, 2.45) is 5.10 Å². The standard InChI is InChI=1S/C30H30N4O8S/c1-39-27-15-12-23(17-28(27)40-2)34(43(37,38)26-8-4-3-5-9-26)20-29(35)33-32-18-22-10-13-24(14-11-22)42-21-30(36)31-19-25-7-6-16-41-25/h3-18H,19-21H2,1-2H3,(H,31,36)(H,33,35)/b32-18-. The molecule has 12 nitrogen and oxygen atoms in total. The molecule has 0 saturated heterocycles. The summed E-state index contributed by atoms with van der Waals surface area (Å²) in [7, 11) is -1.23. The molecular formula is C30H30N4O8S. The molecule has 0 unspecified atom stereocenters. The number of methoxy groups -OCH3 is 2. The van der Waals surface area contributed by atoms with E-state index in [4.69, 9.17) is 18.6 Å². The van der Waals surface area contributed by atoms with E-state index in [0.29, 0.717) is 28.6 Å². The normalized spacial score (nSPS) is 11.1. The lowest BCUT2D eigenvalue weighted by atomic mass is 10.2. The van der Waals surface area contributed by atoms with Crippen LogP contribution in [0.5, 0.6) is 17.2 Å². The Hall–Kier alpha value is -5.30. The average Bonchev–Trinajstić information content (AvgIpc) is 3.56. The summed E-state index contributed by atoms with van der Waals surface area (Å²) in [5.74, 6) is 0.824. The molecule has 0 fully saturated rings. The molecule has 0 saturated carbocycles. The van der Waals surface area contributed by atoms with Crippen LogP contribution in [0.2, 0.25) is 0 Å². The molecule has 43 heavy (non-hydrogen) atoms. The minimum Gasteiger partial charge on any atom is -0.493 e. The van der Waals surface area contributed by atoms with Crippen molar-refractivity contribution in [3.8, 4) is 17.2 Å². The van der Waals surface area contributed by atoms with Gasteiger partial charge in [-0.25, -0.2) is 13.8 Å². The first kappa shape index (κ1) is 30.7. The highest BCUT2D eigenvalue weighted by Crippen LogP contribution is 2.33. The van der Waals surface area contributed by atoms with E-state index in [1.165, 1.54) is 51.0 Å². The number of nitrogens with one attached hydrogen (secondary N) is 2. The fraction of sp³-hybridized carbons (Fsp3) is 0.167. The van der Waals surface area contributed by atoms with Crippen molar-refractivity contribution in [1.29, 1.82) is 0 Å². The SMILES string of the molecule is COc1ccc(N(CC(=O)N/N=C\c2ccc(OCC(=O)NCc3ccco3)cc2)S(=O)(=O)c2ccccc2)cc1OC. The zero-order valence-corrected chi connectivity index (χ0v) is 24.2. The third-order valence-electron chi connectivity index (χ3n) is 5.97. The number of hydrazone groups is 1. The predicted molar refractivity (Wildman–Crippen MR) is 159 cm³/mol. The van der Waals surface area contributed by atoms with Crippen LogP contribution in [0.15, 0.2) is 106 Å². The number of sulfonamides is 1. The molecular weight excluding hydrogens is 576 g/mol. The quantitative estimate of drug-likeness (QED) is 0.164. The summed E-state index contributed by atoms with van der Waals surface area (Å²) >= 11 is 0. The van der Waals surface area contributed by atoms with Crippen LogP contribution >= 0.6 is 0 Å². The molecule has 2 N–H and O–H groups in total. The monoisotopic (exact) mass is 606 g/mol. The van der Waals surface area contributed by atoms with E-state index in [0.717, 1.165) is 4.31 Å². The Labute approximate surface area is 248 Å². The van der Waals surface area contributed by atoms with Gasteiger partial charge in [0.25, 0.3) is 21.8 Å². The van der Waals surface area contributed by atoms with Gasteiger partial charge in [0.15, 0.2) is 18.1 Å². The summed E-state index contributed by atoms with van der Waals surface area (Å²) < 4.78 is 49.2. The fourth-order valence-electron chi connectivity index (χ4n) is 3.81. The van der Waals surface area contributed by atoms with Crippen molar-refractivity contribution in [2.75, 3.05) is 31.7 Å². The molecule has 2 amide bonds. The van der Waals surface area contributed by atoms with Crippen molar-refractivity contribution in [3.05, 3.63) is 103 Å². The van der Waals surface area contributed by atoms with Crippen LogP contribution < -0.4 is 29.3 Å². The van der Waals surface area contributed by atoms with Crippen molar-refractivity contribution in [1.82, 2.24) is 10.7 Å². The second-order valence-corrected chi connectivity index (χ2v) is 10.7. The highest BCUT2D eigenvalue weighted by Gasteiger charge is 2.28. The minimum atomic E-state index is -4.13. The summed E-state index contributed by atoms with van der Waals surface area (Å²) in [4.78, 5) is 24.8. The molecule has 1 heterocycles. The van der Waals surface area contributed by atoms with Gasteiger partial charge in [-0.05, 0) is 66.2 Å². The Morgan fingerprint density at radius 3 is 2.33 bits per heavy atom. The van der Waals surface area contributed by atoms with E-state index in [-0.39, 0.29) is 29.6 Å². The summed E-state index contributed by atoms with van der Waals surface area (Å²) in [6.45, 7) is -0.466. The van der Waals surface area contributed by atoms with E-state index >= 15 is 0 Å². The molecule has 0 spiro atoms. The Morgan fingerprint density at radius 1 is 0.907 bits per heavy atom. The van der Waals surface area contributed by atoms with Crippen LogP contribution in [0.4, 0.5) is 5.69 Å². The zero-order chi connectivity index (χ0) is 30.7. The van der Waals surface area contributed by atoms with Crippen LogP contribution in [0.1, 0.15) is 11.3 Å². The largest absolute Gasteiger partial charge is 0.493 e. The van der Waals surface area contributed by atoms with Crippen molar-refractivity contribution in [2.45, 2.75) is 11.4 Å². The number of amides is 2. The van der Waals surface area contributed by atoms with Crippen LogP contribution in [0.3, 0.4) is 0 Å². The number of nitrogens with zero attached hydrogens (tertiary/aromatic N) is 2. The van der Waals surface area contributed by atoms with Gasteiger partial charge in [-0.3, -0.25) is 13.9 Å².